The number of hydrogen-bond acceptors (Lipinski definition) is 7. The van der Waals surface area contributed by atoms with E-state index in [-0.39, 0.29) is 24.6 Å². The van der Waals surface area contributed by atoms with E-state index >= 15 is 0 Å². The third-order valence-electron chi connectivity index (χ3n) is 8.23. The lowest BCUT2D eigenvalue weighted by molar-refractivity contribution is -0.186. The number of nitrogens with zero attached hydrogens (tertiary/aromatic N) is 3. The minimum absolute atomic E-state index is 0.116. The quantitative estimate of drug-likeness (QED) is 0.317. The SMILES string of the molecule is COC(=O)c1ccc([C@@H]2CC3(CCN2Cc2c(OC)cc(C)c4c2ccn4C(=O)OC(C)(C)C)CC(F)(F)C3)cn1. The Hall–Kier alpha value is -3.53. The number of hydrogen-bond donors (Lipinski definition) is 0. The minimum Gasteiger partial charge on any atom is -0.496 e. The van der Waals surface area contributed by atoms with E-state index in [1.165, 1.54) is 11.7 Å². The first-order chi connectivity index (χ1) is 19.2. The fourth-order valence-corrected chi connectivity index (χ4v) is 6.46. The predicted molar refractivity (Wildman–Crippen MR) is 149 cm³/mol. The molecule has 41 heavy (non-hydrogen) atoms. The molecular weight excluding hydrogens is 532 g/mol. The molecule has 1 aliphatic carbocycles. The summed E-state index contributed by atoms with van der Waals surface area (Å²) in [6.07, 6.45) is 3.86. The number of benzene rings is 1. The summed E-state index contributed by atoms with van der Waals surface area (Å²) < 4.78 is 45.9. The predicted octanol–water partition coefficient (Wildman–Crippen LogP) is 6.68. The maximum absolute atomic E-state index is 14.1. The van der Waals surface area contributed by atoms with Gasteiger partial charge in [-0.05, 0) is 81.8 Å². The van der Waals surface area contributed by atoms with Crippen molar-refractivity contribution in [1.29, 1.82) is 0 Å². The average Bonchev–Trinajstić information content (AvgIpc) is 3.35. The second kappa shape index (κ2) is 10.4. The van der Waals surface area contributed by atoms with Crippen LogP contribution in [0, 0.1) is 12.3 Å². The lowest BCUT2D eigenvalue weighted by atomic mass is 9.59. The number of carbonyl (C=O) groups excluding carboxylic acids is 2. The molecule has 1 aliphatic heterocycles. The van der Waals surface area contributed by atoms with Gasteiger partial charge >= 0.3 is 12.1 Å². The van der Waals surface area contributed by atoms with E-state index in [4.69, 9.17) is 14.2 Å². The number of halogens is 2. The van der Waals surface area contributed by atoms with Crippen LogP contribution in [-0.2, 0) is 16.0 Å². The van der Waals surface area contributed by atoms with Gasteiger partial charge in [-0.1, -0.05) is 6.07 Å². The summed E-state index contributed by atoms with van der Waals surface area (Å²) in [5, 5.41) is 0.862. The highest BCUT2D eigenvalue weighted by atomic mass is 19.3. The second-order valence-electron chi connectivity index (χ2n) is 12.4. The number of alkyl halides is 2. The summed E-state index contributed by atoms with van der Waals surface area (Å²) in [7, 11) is 2.91. The highest BCUT2D eigenvalue weighted by molar-refractivity contribution is 5.95. The van der Waals surface area contributed by atoms with Gasteiger partial charge in [0.2, 0.25) is 5.92 Å². The molecule has 1 atom stereocenters. The molecule has 3 aromatic rings. The van der Waals surface area contributed by atoms with Crippen LogP contribution in [0.1, 0.15) is 79.7 Å². The molecule has 2 aromatic heterocycles. The van der Waals surface area contributed by atoms with Crippen molar-refractivity contribution in [2.24, 2.45) is 5.41 Å². The number of aromatic nitrogens is 2. The number of likely N-dealkylation sites (tertiary alicyclic amines) is 1. The lowest BCUT2D eigenvalue weighted by Gasteiger charge is -2.54. The van der Waals surface area contributed by atoms with Crippen molar-refractivity contribution in [2.45, 2.75) is 77.5 Å². The first kappa shape index (κ1) is 29.0. The first-order valence-corrected chi connectivity index (χ1v) is 13.8. The van der Waals surface area contributed by atoms with Crippen LogP contribution in [0.25, 0.3) is 10.9 Å². The van der Waals surface area contributed by atoms with Crippen molar-refractivity contribution < 1.29 is 32.6 Å². The molecule has 2 aliphatic rings. The number of carbonyl (C=O) groups is 2. The standard InChI is InChI=1S/C31H37F2N3O5/c1-19-13-25(39-5)22(21-9-11-36(26(19)21)28(38)41-29(2,3)4)16-35-12-10-30(17-31(32,33)18-30)14-24(35)20-7-8-23(34-15-20)27(37)40-6/h7-9,11,13,15,24H,10,12,14,16-18H2,1-6H3/t24-/m0/s1. The highest BCUT2D eigenvalue weighted by Crippen LogP contribution is 2.60. The lowest BCUT2D eigenvalue weighted by Crippen LogP contribution is -2.53. The Labute approximate surface area is 238 Å². The zero-order valence-electron chi connectivity index (χ0n) is 24.4. The van der Waals surface area contributed by atoms with Crippen LogP contribution in [0.15, 0.2) is 36.7 Å². The summed E-state index contributed by atoms with van der Waals surface area (Å²) in [6.45, 7) is 8.47. The summed E-state index contributed by atoms with van der Waals surface area (Å²) >= 11 is 0. The zero-order valence-corrected chi connectivity index (χ0v) is 24.4. The van der Waals surface area contributed by atoms with Gasteiger partial charge in [0.15, 0.2) is 0 Å². The van der Waals surface area contributed by atoms with Gasteiger partial charge in [0.25, 0.3) is 0 Å². The van der Waals surface area contributed by atoms with Gasteiger partial charge in [-0.2, -0.15) is 0 Å². The van der Waals surface area contributed by atoms with E-state index in [9.17, 15) is 18.4 Å². The van der Waals surface area contributed by atoms with Gasteiger partial charge in [-0.25, -0.2) is 23.4 Å². The molecule has 1 aromatic carbocycles. The minimum atomic E-state index is -2.63. The normalized spacial score (nSPS) is 20.0. The van der Waals surface area contributed by atoms with Crippen LogP contribution in [0.4, 0.5) is 13.6 Å². The van der Waals surface area contributed by atoms with Crippen molar-refractivity contribution in [3.05, 3.63) is 59.0 Å². The average molecular weight is 570 g/mol. The van der Waals surface area contributed by atoms with Crippen molar-refractivity contribution >= 4 is 23.0 Å². The van der Waals surface area contributed by atoms with Crippen LogP contribution >= 0.6 is 0 Å². The fraction of sp³-hybridized carbons (Fsp3) is 0.516. The van der Waals surface area contributed by atoms with Gasteiger partial charge in [0, 0.05) is 48.8 Å². The van der Waals surface area contributed by atoms with Crippen LogP contribution in [0.3, 0.4) is 0 Å². The van der Waals surface area contributed by atoms with Crippen molar-refractivity contribution in [3.8, 4) is 5.75 Å². The Morgan fingerprint density at radius 2 is 1.88 bits per heavy atom. The van der Waals surface area contributed by atoms with Gasteiger partial charge < -0.3 is 14.2 Å². The summed E-state index contributed by atoms with van der Waals surface area (Å²) in [6, 6.07) is 7.05. The number of methoxy groups -OCH3 is 2. The molecule has 0 amide bonds. The number of fused-ring (bicyclic) bond motifs is 1. The first-order valence-electron chi connectivity index (χ1n) is 13.8. The molecule has 0 radical (unpaired) electrons. The smallest absolute Gasteiger partial charge is 0.419 e. The molecule has 220 valence electrons. The Bertz CT molecular complexity index is 1470. The molecule has 5 rings (SSSR count). The van der Waals surface area contributed by atoms with E-state index in [1.807, 2.05) is 45.9 Å². The van der Waals surface area contributed by atoms with Crippen molar-refractivity contribution in [3.63, 3.8) is 0 Å². The third-order valence-corrected chi connectivity index (χ3v) is 8.23. The van der Waals surface area contributed by atoms with E-state index in [1.54, 1.807) is 25.6 Å². The largest absolute Gasteiger partial charge is 0.496 e. The number of pyridine rings is 1. The van der Waals surface area contributed by atoms with Crippen LogP contribution in [0.5, 0.6) is 5.75 Å². The number of aryl methyl sites for hydroxylation is 1. The van der Waals surface area contributed by atoms with E-state index in [0.717, 1.165) is 27.6 Å². The van der Waals surface area contributed by atoms with Gasteiger partial charge in [0.1, 0.15) is 17.0 Å². The van der Waals surface area contributed by atoms with E-state index < -0.39 is 29.0 Å². The Kier molecular flexibility index (Phi) is 7.34. The maximum Gasteiger partial charge on any atom is 0.419 e. The number of ether oxygens (including phenoxy) is 3. The Morgan fingerprint density at radius 3 is 2.46 bits per heavy atom. The molecule has 1 saturated heterocycles. The monoisotopic (exact) mass is 569 g/mol. The van der Waals surface area contributed by atoms with Crippen LogP contribution < -0.4 is 4.74 Å². The molecule has 0 N–H and O–H groups in total. The van der Waals surface area contributed by atoms with Crippen molar-refractivity contribution in [2.75, 3.05) is 20.8 Å². The molecule has 2 fully saturated rings. The van der Waals surface area contributed by atoms with Crippen LogP contribution in [-0.4, -0.2) is 58.8 Å². The zero-order chi connectivity index (χ0) is 29.7. The fourth-order valence-electron chi connectivity index (χ4n) is 6.46. The molecular formula is C31H37F2N3O5. The molecule has 1 saturated carbocycles. The molecule has 0 bridgehead atoms. The summed E-state index contributed by atoms with van der Waals surface area (Å²) in [5.41, 5.74) is 2.46. The van der Waals surface area contributed by atoms with Gasteiger partial charge in [-0.3, -0.25) is 9.47 Å². The Balaban J connectivity index is 1.52. The number of rotatable bonds is 5. The van der Waals surface area contributed by atoms with Crippen molar-refractivity contribution in [1.82, 2.24) is 14.5 Å². The Morgan fingerprint density at radius 1 is 1.15 bits per heavy atom. The number of piperidine rings is 1. The van der Waals surface area contributed by atoms with Gasteiger partial charge in [-0.15, -0.1) is 0 Å². The number of esters is 1. The molecule has 0 unspecified atom stereocenters. The van der Waals surface area contributed by atoms with E-state index in [2.05, 4.69) is 9.88 Å². The highest BCUT2D eigenvalue weighted by Gasteiger charge is 2.58. The topological polar surface area (TPSA) is 82.9 Å². The molecule has 3 heterocycles. The molecule has 10 heteroatoms. The van der Waals surface area contributed by atoms with Crippen LogP contribution in [0.2, 0.25) is 0 Å². The van der Waals surface area contributed by atoms with Gasteiger partial charge in [0.05, 0.1) is 19.7 Å². The second-order valence-corrected chi connectivity index (χ2v) is 12.4. The molecule has 8 nitrogen and oxygen atoms in total. The third kappa shape index (κ3) is 5.66. The summed E-state index contributed by atoms with van der Waals surface area (Å²) in [4.78, 5) is 31.6. The maximum atomic E-state index is 14.1. The summed E-state index contributed by atoms with van der Waals surface area (Å²) in [5.74, 6) is -2.48. The van der Waals surface area contributed by atoms with E-state index in [0.29, 0.717) is 31.7 Å². The molecule has 1 spiro atoms.